The first-order valence-electron chi connectivity index (χ1n) is 4.30. The van der Waals surface area contributed by atoms with Gasteiger partial charge in [0.2, 0.25) is 0 Å². The Kier molecular flexibility index (Phi) is 4.84. The van der Waals surface area contributed by atoms with E-state index < -0.39 is 0 Å². The third-order valence-electron chi connectivity index (χ3n) is 1.74. The Bertz CT molecular complexity index is 145. The molecule has 1 atom stereocenters. The van der Waals surface area contributed by atoms with E-state index in [9.17, 15) is 4.79 Å². The maximum Gasteiger partial charge on any atom is 0.158 e. The summed E-state index contributed by atoms with van der Waals surface area (Å²) in [5.41, 5.74) is 0. The maximum atomic E-state index is 11.2. The Hall–Kier alpha value is -0.590. The summed E-state index contributed by atoms with van der Waals surface area (Å²) in [5.74, 6) is 0.911. The second-order valence-electron chi connectivity index (χ2n) is 3.31. The van der Waals surface area contributed by atoms with Crippen LogP contribution in [0.5, 0.6) is 0 Å². The zero-order chi connectivity index (χ0) is 8.85. The van der Waals surface area contributed by atoms with Crippen molar-refractivity contribution >= 4 is 5.78 Å². The number of hydrogen-bond donors (Lipinski definition) is 0. The number of carbonyl (C=O) groups excluding carboxylic acids is 1. The predicted octanol–water partition coefficient (Wildman–Crippen LogP) is 2.81. The lowest BCUT2D eigenvalue weighted by Gasteiger charge is -2.02. The summed E-state index contributed by atoms with van der Waals surface area (Å²) in [6.45, 7) is 8.14. The van der Waals surface area contributed by atoms with Crippen molar-refractivity contribution in [1.82, 2.24) is 0 Å². The fraction of sp³-hybridized carbons (Fsp3) is 0.700. The zero-order valence-corrected chi connectivity index (χ0v) is 7.92. The van der Waals surface area contributed by atoms with Gasteiger partial charge in [-0.15, -0.1) is 0 Å². The number of ketones is 1. The van der Waals surface area contributed by atoms with Gasteiger partial charge in [0.15, 0.2) is 5.78 Å². The van der Waals surface area contributed by atoms with Crippen molar-refractivity contribution in [2.24, 2.45) is 11.8 Å². The summed E-state index contributed by atoms with van der Waals surface area (Å²) in [5, 5.41) is 0. The highest BCUT2D eigenvalue weighted by Crippen LogP contribution is 2.04. The van der Waals surface area contributed by atoms with Crippen molar-refractivity contribution < 1.29 is 4.79 Å². The van der Waals surface area contributed by atoms with E-state index in [0.29, 0.717) is 5.92 Å². The largest absolute Gasteiger partial charge is 0.295 e. The molecule has 0 bridgehead atoms. The van der Waals surface area contributed by atoms with E-state index in [4.69, 9.17) is 0 Å². The van der Waals surface area contributed by atoms with E-state index in [0.717, 1.165) is 6.42 Å². The molecule has 0 aliphatic carbocycles. The lowest BCUT2D eigenvalue weighted by molar-refractivity contribution is -0.117. The number of rotatable bonds is 4. The van der Waals surface area contributed by atoms with Crippen LogP contribution in [0.2, 0.25) is 0 Å². The predicted molar refractivity (Wildman–Crippen MR) is 48.4 cm³/mol. The molecule has 1 unspecified atom stereocenters. The number of hydrogen-bond acceptors (Lipinski definition) is 1. The molecule has 0 aliphatic rings. The van der Waals surface area contributed by atoms with Crippen molar-refractivity contribution in [2.45, 2.75) is 34.1 Å². The van der Waals surface area contributed by atoms with Gasteiger partial charge in [-0.3, -0.25) is 4.79 Å². The summed E-state index contributed by atoms with van der Waals surface area (Å²) in [4.78, 5) is 11.2. The highest BCUT2D eigenvalue weighted by atomic mass is 16.1. The summed E-state index contributed by atoms with van der Waals surface area (Å²) in [6.07, 6.45) is 4.59. The molecule has 0 aliphatic heterocycles. The lowest BCUT2D eigenvalue weighted by atomic mass is 10.0. The van der Waals surface area contributed by atoms with Gasteiger partial charge >= 0.3 is 0 Å². The van der Waals surface area contributed by atoms with E-state index in [1.54, 1.807) is 6.08 Å². The molecular formula is C10H18O. The second-order valence-corrected chi connectivity index (χ2v) is 3.31. The van der Waals surface area contributed by atoms with Gasteiger partial charge < -0.3 is 0 Å². The van der Waals surface area contributed by atoms with Crippen LogP contribution in [0.1, 0.15) is 34.1 Å². The minimum atomic E-state index is 0.185. The molecule has 0 N–H and O–H groups in total. The Morgan fingerprint density at radius 3 is 2.27 bits per heavy atom. The molecule has 0 amide bonds. The molecule has 1 heteroatoms. The average molecular weight is 154 g/mol. The molecule has 0 rings (SSSR count). The summed E-state index contributed by atoms with van der Waals surface area (Å²) < 4.78 is 0. The number of allylic oxidation sites excluding steroid dienone is 2. The number of carbonyl (C=O) groups is 1. The summed E-state index contributed by atoms with van der Waals surface area (Å²) in [6, 6.07) is 0. The molecule has 0 spiro atoms. The van der Waals surface area contributed by atoms with Crippen molar-refractivity contribution in [2.75, 3.05) is 0 Å². The summed E-state index contributed by atoms with van der Waals surface area (Å²) in [7, 11) is 0. The molecule has 11 heavy (non-hydrogen) atoms. The third kappa shape index (κ3) is 4.77. The van der Waals surface area contributed by atoms with Crippen LogP contribution in [0, 0.1) is 11.8 Å². The van der Waals surface area contributed by atoms with Crippen LogP contribution in [-0.2, 0) is 4.79 Å². The lowest BCUT2D eigenvalue weighted by Crippen LogP contribution is -2.06. The minimum Gasteiger partial charge on any atom is -0.295 e. The van der Waals surface area contributed by atoms with Gasteiger partial charge in [0.25, 0.3) is 0 Å². The zero-order valence-electron chi connectivity index (χ0n) is 7.92. The second kappa shape index (κ2) is 5.11. The van der Waals surface area contributed by atoms with Crippen molar-refractivity contribution in [3.05, 3.63) is 12.2 Å². The van der Waals surface area contributed by atoms with Crippen LogP contribution in [0.4, 0.5) is 0 Å². The van der Waals surface area contributed by atoms with Crippen LogP contribution in [0.15, 0.2) is 12.2 Å². The first kappa shape index (κ1) is 10.4. The highest BCUT2D eigenvalue weighted by Gasteiger charge is 2.05. The van der Waals surface area contributed by atoms with Gasteiger partial charge in [0.1, 0.15) is 0 Å². The Morgan fingerprint density at radius 1 is 1.36 bits per heavy atom. The monoisotopic (exact) mass is 154 g/mol. The normalized spacial score (nSPS) is 14.3. The standard InChI is InChI=1S/C10H18O/c1-5-9(4)10(11)7-6-8(2)3/h6-9H,5H2,1-4H3/b7-6+. The van der Waals surface area contributed by atoms with Crippen LogP contribution >= 0.6 is 0 Å². The molecule has 64 valence electrons. The van der Waals surface area contributed by atoms with E-state index >= 15 is 0 Å². The van der Waals surface area contributed by atoms with Crippen molar-refractivity contribution in [1.29, 1.82) is 0 Å². The van der Waals surface area contributed by atoms with Gasteiger partial charge in [-0.25, -0.2) is 0 Å². The van der Waals surface area contributed by atoms with E-state index in [-0.39, 0.29) is 11.7 Å². The molecule has 0 radical (unpaired) electrons. The molecule has 0 aromatic rings. The van der Waals surface area contributed by atoms with Crippen LogP contribution < -0.4 is 0 Å². The Balaban J connectivity index is 3.86. The first-order valence-corrected chi connectivity index (χ1v) is 4.30. The van der Waals surface area contributed by atoms with Crippen LogP contribution in [0.3, 0.4) is 0 Å². The van der Waals surface area contributed by atoms with Crippen molar-refractivity contribution in [3.8, 4) is 0 Å². The summed E-state index contributed by atoms with van der Waals surface area (Å²) >= 11 is 0. The average Bonchev–Trinajstić information content (AvgIpc) is 1.98. The topological polar surface area (TPSA) is 17.1 Å². The molecule has 0 aromatic heterocycles. The van der Waals surface area contributed by atoms with E-state index in [2.05, 4.69) is 13.8 Å². The fourth-order valence-corrected chi connectivity index (χ4v) is 0.653. The van der Waals surface area contributed by atoms with Gasteiger partial charge in [-0.05, 0) is 18.4 Å². The Labute approximate surface area is 69.5 Å². The van der Waals surface area contributed by atoms with E-state index in [1.165, 1.54) is 0 Å². The first-order chi connectivity index (χ1) is 5.07. The van der Waals surface area contributed by atoms with Gasteiger partial charge in [0, 0.05) is 5.92 Å². The molecule has 0 aromatic carbocycles. The van der Waals surface area contributed by atoms with Crippen molar-refractivity contribution in [3.63, 3.8) is 0 Å². The molecule has 0 saturated carbocycles. The minimum absolute atomic E-state index is 0.185. The molecule has 0 fully saturated rings. The Morgan fingerprint density at radius 2 is 1.91 bits per heavy atom. The van der Waals surface area contributed by atoms with Gasteiger partial charge in [-0.1, -0.05) is 33.8 Å². The van der Waals surface area contributed by atoms with Crippen LogP contribution in [0.25, 0.3) is 0 Å². The van der Waals surface area contributed by atoms with Gasteiger partial charge in [0.05, 0.1) is 0 Å². The third-order valence-corrected chi connectivity index (χ3v) is 1.74. The highest BCUT2D eigenvalue weighted by molar-refractivity contribution is 5.91. The SMILES string of the molecule is CCC(C)C(=O)/C=C/C(C)C. The van der Waals surface area contributed by atoms with Gasteiger partial charge in [-0.2, -0.15) is 0 Å². The molecular weight excluding hydrogens is 136 g/mol. The quantitative estimate of drug-likeness (QED) is 0.569. The molecule has 0 heterocycles. The maximum absolute atomic E-state index is 11.2. The fourth-order valence-electron chi connectivity index (χ4n) is 0.653. The van der Waals surface area contributed by atoms with Crippen LogP contribution in [-0.4, -0.2) is 5.78 Å². The smallest absolute Gasteiger partial charge is 0.158 e. The molecule has 0 saturated heterocycles. The van der Waals surface area contributed by atoms with E-state index in [1.807, 2.05) is 19.9 Å². The molecule has 1 nitrogen and oxygen atoms in total.